The number of halogens is 1. The highest BCUT2D eigenvalue weighted by molar-refractivity contribution is 9.10. The van der Waals surface area contributed by atoms with Crippen LogP contribution in [0.3, 0.4) is 0 Å². The first-order valence-corrected chi connectivity index (χ1v) is 24.4. The maximum atomic E-state index is 8.58. The van der Waals surface area contributed by atoms with Gasteiger partial charge in [-0.25, -0.2) is 0 Å². The first-order chi connectivity index (χ1) is 32.6. The summed E-state index contributed by atoms with van der Waals surface area (Å²) in [7, 11) is -1.34. The van der Waals surface area contributed by atoms with E-state index in [4.69, 9.17) is 10.0 Å². The number of benzene rings is 10. The van der Waals surface area contributed by atoms with Crippen molar-refractivity contribution in [2.45, 2.75) is 0 Å². The summed E-state index contributed by atoms with van der Waals surface area (Å²) in [5.74, 6) is 0. The Balaban J connectivity index is 0.000000132. The largest absolute Gasteiger partial charge is 0.488 e. The number of fused-ring (bicyclic) bond motifs is 6. The quantitative estimate of drug-likeness (QED) is 0.163. The SMILES string of the molecule is Brc1csc2c(-c3ccccc3)c(-c3ccccc3)c3ccccc3c12.OB(O)c1ccccc1.c1ccc(-c2c(-c3ccccc3)c3scc(-c4ccccc4)c3c3ccccc23)cc1. The Morgan fingerprint density at radius 3 is 1.05 bits per heavy atom. The van der Waals surface area contributed by atoms with Crippen molar-refractivity contribution >= 4 is 92.9 Å². The molecule has 0 amide bonds. The lowest BCUT2D eigenvalue weighted by Crippen LogP contribution is -2.29. The monoisotopic (exact) mass is 948 g/mol. The number of hydrogen-bond donors (Lipinski definition) is 2. The van der Waals surface area contributed by atoms with E-state index in [-0.39, 0.29) is 0 Å². The van der Waals surface area contributed by atoms with E-state index in [1.165, 1.54) is 102 Å². The molecule has 6 heteroatoms. The van der Waals surface area contributed by atoms with Gasteiger partial charge >= 0.3 is 7.12 Å². The van der Waals surface area contributed by atoms with Crippen molar-refractivity contribution in [1.29, 1.82) is 0 Å². The first kappa shape index (κ1) is 43.0. The lowest BCUT2D eigenvalue weighted by molar-refractivity contribution is 0.426. The Labute approximate surface area is 401 Å². The van der Waals surface area contributed by atoms with E-state index in [2.05, 4.69) is 227 Å². The summed E-state index contributed by atoms with van der Waals surface area (Å²) in [4.78, 5) is 0. The molecule has 0 aliphatic heterocycles. The summed E-state index contributed by atoms with van der Waals surface area (Å²) in [5, 5.41) is 29.6. The van der Waals surface area contributed by atoms with Gasteiger partial charge in [-0.15, -0.1) is 22.7 Å². The van der Waals surface area contributed by atoms with Crippen LogP contribution in [0.2, 0.25) is 0 Å². The van der Waals surface area contributed by atoms with Crippen molar-refractivity contribution in [1.82, 2.24) is 0 Å². The topological polar surface area (TPSA) is 40.5 Å². The molecule has 316 valence electrons. The molecule has 0 aliphatic carbocycles. The van der Waals surface area contributed by atoms with Crippen LogP contribution in [0.25, 0.3) is 97.4 Å². The maximum Gasteiger partial charge on any atom is 0.488 e. The van der Waals surface area contributed by atoms with Crippen LogP contribution in [0.5, 0.6) is 0 Å². The fraction of sp³-hybridized carbons (Fsp3) is 0. The molecule has 2 nitrogen and oxygen atoms in total. The molecule has 0 fully saturated rings. The van der Waals surface area contributed by atoms with Crippen LogP contribution in [0.4, 0.5) is 0 Å². The minimum atomic E-state index is -1.34. The molecule has 0 bridgehead atoms. The molecule has 2 N–H and O–H groups in total. The first-order valence-electron chi connectivity index (χ1n) is 21.8. The second-order valence-corrected chi connectivity index (χ2v) is 18.5. The number of rotatable bonds is 6. The maximum absolute atomic E-state index is 8.58. The number of thiophene rings is 2. The van der Waals surface area contributed by atoms with Gasteiger partial charge in [0.25, 0.3) is 0 Å². The Hall–Kier alpha value is -6.90. The predicted octanol–water partition coefficient (Wildman–Crippen LogP) is 16.6. The average molecular weight is 950 g/mol. The number of hydrogen-bond acceptors (Lipinski definition) is 4. The van der Waals surface area contributed by atoms with Crippen LogP contribution in [0.15, 0.2) is 246 Å². The van der Waals surface area contributed by atoms with Gasteiger partial charge in [0.05, 0.1) is 0 Å². The molecule has 12 aromatic rings. The third-order valence-corrected chi connectivity index (χ3v) is 14.8. The lowest BCUT2D eigenvalue weighted by atomic mass is 9.81. The van der Waals surface area contributed by atoms with E-state index in [1.54, 1.807) is 24.3 Å². The second kappa shape index (κ2) is 19.7. The highest BCUT2D eigenvalue weighted by Crippen LogP contribution is 2.51. The molecule has 2 aromatic heterocycles. The molecule has 0 saturated heterocycles. The molecule has 0 radical (unpaired) electrons. The second-order valence-electron chi connectivity index (χ2n) is 15.8. The minimum Gasteiger partial charge on any atom is -0.423 e. The van der Waals surface area contributed by atoms with Crippen LogP contribution >= 0.6 is 38.6 Å². The van der Waals surface area contributed by atoms with Gasteiger partial charge in [-0.1, -0.05) is 231 Å². The minimum absolute atomic E-state index is 0.525. The Morgan fingerprint density at radius 1 is 0.318 bits per heavy atom. The van der Waals surface area contributed by atoms with Crippen LogP contribution < -0.4 is 5.46 Å². The molecular formula is C60H42BBrO2S2. The highest BCUT2D eigenvalue weighted by Gasteiger charge is 2.22. The molecule has 0 atom stereocenters. The average Bonchev–Trinajstić information content (AvgIpc) is 4.02. The normalized spacial score (nSPS) is 11.0. The fourth-order valence-electron chi connectivity index (χ4n) is 8.94. The van der Waals surface area contributed by atoms with E-state index in [0.29, 0.717) is 5.46 Å². The van der Waals surface area contributed by atoms with Gasteiger partial charge in [0.2, 0.25) is 0 Å². The molecular weight excluding hydrogens is 908 g/mol. The summed E-state index contributed by atoms with van der Waals surface area (Å²) >= 11 is 7.45. The highest BCUT2D eigenvalue weighted by atomic mass is 79.9. The van der Waals surface area contributed by atoms with Crippen molar-refractivity contribution in [3.63, 3.8) is 0 Å². The summed E-state index contributed by atoms with van der Waals surface area (Å²) in [6.45, 7) is 0. The van der Waals surface area contributed by atoms with Crippen molar-refractivity contribution in [3.05, 3.63) is 246 Å². The van der Waals surface area contributed by atoms with E-state index in [9.17, 15) is 0 Å². The molecule has 66 heavy (non-hydrogen) atoms. The van der Waals surface area contributed by atoms with E-state index >= 15 is 0 Å². The van der Waals surface area contributed by atoms with Crippen LogP contribution in [0.1, 0.15) is 0 Å². The third kappa shape index (κ3) is 8.54. The molecule has 0 unspecified atom stereocenters. The summed E-state index contributed by atoms with van der Waals surface area (Å²) in [5.41, 5.74) is 13.4. The van der Waals surface area contributed by atoms with Crippen LogP contribution in [-0.4, -0.2) is 17.2 Å². The summed E-state index contributed by atoms with van der Waals surface area (Å²) < 4.78 is 3.86. The van der Waals surface area contributed by atoms with Gasteiger partial charge < -0.3 is 10.0 Å². The van der Waals surface area contributed by atoms with Gasteiger partial charge in [0.15, 0.2) is 0 Å². The van der Waals surface area contributed by atoms with Gasteiger partial charge in [-0.2, -0.15) is 0 Å². The van der Waals surface area contributed by atoms with Crippen LogP contribution in [-0.2, 0) is 0 Å². The van der Waals surface area contributed by atoms with Crippen LogP contribution in [0, 0.1) is 0 Å². The third-order valence-electron chi connectivity index (χ3n) is 11.9. The zero-order valence-electron chi connectivity index (χ0n) is 35.8. The summed E-state index contributed by atoms with van der Waals surface area (Å²) in [6.07, 6.45) is 0. The van der Waals surface area contributed by atoms with Crippen molar-refractivity contribution in [2.75, 3.05) is 0 Å². The standard InChI is InChI=1S/C30H20S.C24H15BrS.C6H7BO2/c1-4-12-21(13-5-1)26-20-31-30-28(23-16-8-3-9-17-23)27(22-14-6-2-7-15-22)24-18-10-11-19-25(24)29(26)30;25-20-15-26-24-22(17-11-5-2-6-12-17)21(16-9-3-1-4-10-16)18-13-7-8-14-19(18)23(20)24;8-7(9)6-4-2-1-3-5-6/h1-20H;1-15H;1-5,8-9H. The van der Waals surface area contributed by atoms with E-state index in [1.807, 2.05) is 28.7 Å². The van der Waals surface area contributed by atoms with Crippen molar-refractivity contribution in [3.8, 4) is 55.6 Å². The molecule has 0 saturated carbocycles. The zero-order chi connectivity index (χ0) is 44.8. The Bertz CT molecular complexity index is 3540. The lowest BCUT2D eigenvalue weighted by Gasteiger charge is -2.17. The smallest absolute Gasteiger partial charge is 0.423 e. The Morgan fingerprint density at radius 2 is 0.636 bits per heavy atom. The summed E-state index contributed by atoms with van der Waals surface area (Å²) in [6, 6.07) is 80.1. The molecule has 0 aliphatic rings. The molecule has 2 heterocycles. The fourth-order valence-corrected chi connectivity index (χ4v) is 11.9. The van der Waals surface area contributed by atoms with Gasteiger partial charge in [0, 0.05) is 46.7 Å². The molecule has 10 aromatic carbocycles. The van der Waals surface area contributed by atoms with Crippen molar-refractivity contribution in [2.24, 2.45) is 0 Å². The zero-order valence-corrected chi connectivity index (χ0v) is 39.0. The Kier molecular flexibility index (Phi) is 12.8. The predicted molar refractivity (Wildman–Crippen MR) is 290 cm³/mol. The van der Waals surface area contributed by atoms with Gasteiger partial charge in [-0.3, -0.25) is 0 Å². The molecule has 0 spiro atoms. The van der Waals surface area contributed by atoms with E-state index in [0.717, 1.165) is 0 Å². The van der Waals surface area contributed by atoms with Crippen molar-refractivity contribution < 1.29 is 10.0 Å². The molecule has 12 rings (SSSR count). The van der Waals surface area contributed by atoms with Gasteiger partial charge in [-0.05, 0) is 87.3 Å². The van der Waals surface area contributed by atoms with Gasteiger partial charge in [0.1, 0.15) is 0 Å². The van der Waals surface area contributed by atoms with E-state index < -0.39 is 7.12 Å².